The zero-order valence-electron chi connectivity index (χ0n) is 14.8. The van der Waals surface area contributed by atoms with E-state index >= 15 is 0 Å². The standard InChI is InChI=1S/C21H19NO4S/c1-25-18-9-5-8-17(13-18)22-21(24)20(16-6-3-2-4-7-16)26-19(23)12-15-10-11-27-14-15/h2-11,13-14,20H,12H2,1H3,(H,22,24)/t20-/m0/s1. The second-order valence-electron chi connectivity index (χ2n) is 5.81. The van der Waals surface area contributed by atoms with E-state index in [9.17, 15) is 9.59 Å². The summed E-state index contributed by atoms with van der Waals surface area (Å²) in [7, 11) is 1.56. The lowest BCUT2D eigenvalue weighted by Gasteiger charge is -2.18. The molecule has 5 nitrogen and oxygen atoms in total. The Bertz CT molecular complexity index is 894. The maximum absolute atomic E-state index is 12.8. The lowest BCUT2D eigenvalue weighted by Crippen LogP contribution is -2.26. The maximum Gasteiger partial charge on any atom is 0.311 e. The van der Waals surface area contributed by atoms with Crippen molar-refractivity contribution in [3.63, 3.8) is 0 Å². The zero-order chi connectivity index (χ0) is 19.1. The molecule has 0 aliphatic carbocycles. The Morgan fingerprint density at radius 3 is 2.59 bits per heavy atom. The van der Waals surface area contributed by atoms with Crippen LogP contribution in [0, 0.1) is 0 Å². The molecule has 0 bridgehead atoms. The van der Waals surface area contributed by atoms with Gasteiger partial charge in [-0.1, -0.05) is 36.4 Å². The van der Waals surface area contributed by atoms with E-state index in [0.29, 0.717) is 17.0 Å². The second-order valence-corrected chi connectivity index (χ2v) is 6.59. The van der Waals surface area contributed by atoms with Gasteiger partial charge in [0, 0.05) is 17.3 Å². The summed E-state index contributed by atoms with van der Waals surface area (Å²) >= 11 is 1.51. The Balaban J connectivity index is 1.76. The molecule has 27 heavy (non-hydrogen) atoms. The summed E-state index contributed by atoms with van der Waals surface area (Å²) in [5.41, 5.74) is 2.04. The molecule has 0 radical (unpaired) electrons. The van der Waals surface area contributed by atoms with Crippen molar-refractivity contribution >= 4 is 28.9 Å². The predicted octanol–water partition coefficient (Wildman–Crippen LogP) is 4.22. The summed E-state index contributed by atoms with van der Waals surface area (Å²) in [6.07, 6.45) is -0.914. The Hall–Kier alpha value is -3.12. The first kappa shape index (κ1) is 18.7. The number of amides is 1. The minimum atomic E-state index is -1.04. The SMILES string of the molecule is COc1cccc(NC(=O)[C@@H](OC(=O)Cc2ccsc2)c2ccccc2)c1. The Morgan fingerprint density at radius 1 is 1.07 bits per heavy atom. The smallest absolute Gasteiger partial charge is 0.311 e. The van der Waals surface area contributed by atoms with Crippen molar-refractivity contribution < 1.29 is 19.1 Å². The predicted molar refractivity (Wildman–Crippen MR) is 105 cm³/mol. The third kappa shape index (κ3) is 5.18. The molecule has 6 heteroatoms. The average Bonchev–Trinajstić information content (AvgIpc) is 3.19. The van der Waals surface area contributed by atoms with Gasteiger partial charge < -0.3 is 14.8 Å². The van der Waals surface area contributed by atoms with Crippen molar-refractivity contribution in [2.24, 2.45) is 0 Å². The van der Waals surface area contributed by atoms with E-state index in [0.717, 1.165) is 5.56 Å². The van der Waals surface area contributed by atoms with Crippen molar-refractivity contribution in [3.05, 3.63) is 82.6 Å². The molecule has 0 unspecified atom stereocenters. The first-order chi connectivity index (χ1) is 13.2. The maximum atomic E-state index is 12.8. The van der Waals surface area contributed by atoms with Crippen LogP contribution >= 0.6 is 11.3 Å². The van der Waals surface area contributed by atoms with Gasteiger partial charge in [0.15, 0.2) is 0 Å². The summed E-state index contributed by atoms with van der Waals surface area (Å²) < 4.78 is 10.7. The van der Waals surface area contributed by atoms with Crippen LogP contribution < -0.4 is 10.1 Å². The Kier molecular flexibility index (Phi) is 6.22. The zero-order valence-corrected chi connectivity index (χ0v) is 15.6. The van der Waals surface area contributed by atoms with Crippen molar-refractivity contribution in [3.8, 4) is 5.75 Å². The molecule has 0 saturated carbocycles. The highest BCUT2D eigenvalue weighted by molar-refractivity contribution is 7.08. The van der Waals surface area contributed by atoms with Crippen LogP contribution in [-0.4, -0.2) is 19.0 Å². The molecule has 3 aromatic rings. The van der Waals surface area contributed by atoms with Crippen LogP contribution in [0.15, 0.2) is 71.4 Å². The monoisotopic (exact) mass is 381 g/mol. The fourth-order valence-corrected chi connectivity index (χ4v) is 3.21. The average molecular weight is 381 g/mol. The van der Waals surface area contributed by atoms with Gasteiger partial charge in [0.05, 0.1) is 13.5 Å². The number of anilines is 1. The number of nitrogens with one attached hydrogen (secondary N) is 1. The van der Waals surface area contributed by atoms with E-state index in [1.54, 1.807) is 55.6 Å². The van der Waals surface area contributed by atoms with Gasteiger partial charge in [0.25, 0.3) is 5.91 Å². The van der Waals surface area contributed by atoms with Gasteiger partial charge in [-0.3, -0.25) is 9.59 Å². The minimum Gasteiger partial charge on any atom is -0.497 e. The van der Waals surface area contributed by atoms with Gasteiger partial charge in [-0.15, -0.1) is 0 Å². The second kappa shape index (κ2) is 9.00. The highest BCUT2D eigenvalue weighted by Crippen LogP contribution is 2.23. The summed E-state index contributed by atoms with van der Waals surface area (Å²) in [5, 5.41) is 6.56. The number of carbonyl (C=O) groups is 2. The molecule has 138 valence electrons. The molecular formula is C21H19NO4S. The van der Waals surface area contributed by atoms with Crippen LogP contribution in [0.1, 0.15) is 17.2 Å². The summed E-state index contributed by atoms with van der Waals surface area (Å²) in [5.74, 6) is -0.255. The van der Waals surface area contributed by atoms with Gasteiger partial charge in [-0.25, -0.2) is 0 Å². The van der Waals surface area contributed by atoms with E-state index in [2.05, 4.69) is 5.32 Å². The van der Waals surface area contributed by atoms with Gasteiger partial charge in [0.1, 0.15) is 5.75 Å². The van der Waals surface area contributed by atoms with Gasteiger partial charge in [-0.05, 0) is 34.5 Å². The molecule has 1 heterocycles. The van der Waals surface area contributed by atoms with Crippen LogP contribution in [0.5, 0.6) is 5.75 Å². The van der Waals surface area contributed by atoms with Crippen LogP contribution in [0.4, 0.5) is 5.69 Å². The van der Waals surface area contributed by atoms with E-state index < -0.39 is 18.0 Å². The number of carbonyl (C=O) groups excluding carboxylic acids is 2. The fourth-order valence-electron chi connectivity index (χ4n) is 2.54. The molecule has 0 spiro atoms. The molecule has 1 aromatic heterocycles. The van der Waals surface area contributed by atoms with Gasteiger partial charge in [0.2, 0.25) is 6.10 Å². The molecule has 3 rings (SSSR count). The first-order valence-electron chi connectivity index (χ1n) is 8.36. The Labute approximate surface area is 161 Å². The molecule has 1 N–H and O–H groups in total. The van der Waals surface area contributed by atoms with Crippen molar-refractivity contribution in [1.82, 2.24) is 0 Å². The number of hydrogen-bond donors (Lipinski definition) is 1. The molecular weight excluding hydrogens is 362 g/mol. The number of thiophene rings is 1. The highest BCUT2D eigenvalue weighted by atomic mass is 32.1. The molecule has 0 aliphatic rings. The van der Waals surface area contributed by atoms with E-state index in [1.165, 1.54) is 11.3 Å². The number of ether oxygens (including phenoxy) is 2. The summed E-state index contributed by atoms with van der Waals surface area (Å²) in [4.78, 5) is 25.2. The van der Waals surface area contributed by atoms with Crippen LogP contribution in [0.3, 0.4) is 0 Å². The summed E-state index contributed by atoms with van der Waals surface area (Å²) in [6.45, 7) is 0. The Morgan fingerprint density at radius 2 is 1.89 bits per heavy atom. The molecule has 1 amide bonds. The number of rotatable bonds is 7. The van der Waals surface area contributed by atoms with Crippen LogP contribution in [-0.2, 0) is 20.7 Å². The molecule has 1 atom stereocenters. The summed E-state index contributed by atoms with van der Waals surface area (Å²) in [6, 6.07) is 17.8. The largest absolute Gasteiger partial charge is 0.497 e. The van der Waals surface area contributed by atoms with Crippen LogP contribution in [0.2, 0.25) is 0 Å². The van der Waals surface area contributed by atoms with E-state index in [4.69, 9.17) is 9.47 Å². The lowest BCUT2D eigenvalue weighted by atomic mass is 10.1. The van der Waals surface area contributed by atoms with Crippen LogP contribution in [0.25, 0.3) is 0 Å². The van der Waals surface area contributed by atoms with E-state index in [1.807, 2.05) is 22.9 Å². The lowest BCUT2D eigenvalue weighted by molar-refractivity contribution is -0.154. The number of methoxy groups -OCH3 is 1. The molecule has 0 fully saturated rings. The van der Waals surface area contributed by atoms with Gasteiger partial charge in [-0.2, -0.15) is 11.3 Å². The third-order valence-electron chi connectivity index (χ3n) is 3.86. The quantitative estimate of drug-likeness (QED) is 0.622. The molecule has 2 aromatic carbocycles. The minimum absolute atomic E-state index is 0.124. The normalized spacial score (nSPS) is 11.4. The highest BCUT2D eigenvalue weighted by Gasteiger charge is 2.25. The number of esters is 1. The third-order valence-corrected chi connectivity index (χ3v) is 4.59. The first-order valence-corrected chi connectivity index (χ1v) is 9.30. The van der Waals surface area contributed by atoms with Gasteiger partial charge >= 0.3 is 5.97 Å². The van der Waals surface area contributed by atoms with Crippen molar-refractivity contribution in [1.29, 1.82) is 0 Å². The molecule has 0 aliphatic heterocycles. The topological polar surface area (TPSA) is 64.6 Å². The number of hydrogen-bond acceptors (Lipinski definition) is 5. The van der Waals surface area contributed by atoms with E-state index in [-0.39, 0.29) is 6.42 Å². The number of benzene rings is 2. The fraction of sp³-hybridized carbons (Fsp3) is 0.143. The molecule has 0 saturated heterocycles. The van der Waals surface area contributed by atoms with Crippen molar-refractivity contribution in [2.75, 3.05) is 12.4 Å². The van der Waals surface area contributed by atoms with Crippen molar-refractivity contribution in [2.45, 2.75) is 12.5 Å².